The summed E-state index contributed by atoms with van der Waals surface area (Å²) in [6.45, 7) is 11.2. The Bertz CT molecular complexity index is 257. The fourth-order valence-corrected chi connectivity index (χ4v) is 2.52. The van der Waals surface area contributed by atoms with Crippen LogP contribution >= 0.6 is 0 Å². The second-order valence-electron chi connectivity index (χ2n) is 6.07. The Morgan fingerprint density at radius 2 is 2.12 bits per heavy atom. The third-order valence-corrected chi connectivity index (χ3v) is 3.25. The van der Waals surface area contributed by atoms with Crippen LogP contribution in [0.15, 0.2) is 0 Å². The summed E-state index contributed by atoms with van der Waals surface area (Å²) < 4.78 is 5.50. The van der Waals surface area contributed by atoms with E-state index < -0.39 is 0 Å². The summed E-state index contributed by atoms with van der Waals surface area (Å²) in [5, 5.41) is 0. The molecule has 0 aliphatic carbocycles. The van der Waals surface area contributed by atoms with Gasteiger partial charge >= 0.3 is 5.97 Å². The van der Waals surface area contributed by atoms with Gasteiger partial charge in [-0.05, 0) is 53.5 Å². The van der Waals surface area contributed by atoms with Crippen LogP contribution in [-0.2, 0) is 9.53 Å². The molecule has 0 aromatic carbocycles. The van der Waals surface area contributed by atoms with Gasteiger partial charge in [-0.1, -0.05) is 13.3 Å². The Labute approximate surface area is 106 Å². The van der Waals surface area contributed by atoms with Crippen molar-refractivity contribution in [2.75, 3.05) is 6.54 Å². The summed E-state index contributed by atoms with van der Waals surface area (Å²) in [5.41, 5.74) is -0.376. The van der Waals surface area contributed by atoms with Crippen molar-refractivity contribution in [1.29, 1.82) is 0 Å². The molecule has 0 aromatic heterocycles. The zero-order chi connectivity index (χ0) is 13.1. The van der Waals surface area contributed by atoms with Crippen molar-refractivity contribution in [3.8, 4) is 0 Å². The maximum Gasteiger partial charge on any atom is 0.323 e. The first-order chi connectivity index (χ1) is 7.85. The maximum absolute atomic E-state index is 12.1. The molecule has 0 bridgehead atoms. The van der Waals surface area contributed by atoms with Crippen molar-refractivity contribution in [2.24, 2.45) is 0 Å². The molecule has 0 amide bonds. The summed E-state index contributed by atoms with van der Waals surface area (Å²) in [6.07, 6.45) is 4.37. The van der Waals surface area contributed by atoms with E-state index in [-0.39, 0.29) is 17.6 Å². The molecule has 100 valence electrons. The Morgan fingerprint density at radius 3 is 2.65 bits per heavy atom. The molecule has 0 radical (unpaired) electrons. The van der Waals surface area contributed by atoms with Crippen LogP contribution in [-0.4, -0.2) is 35.1 Å². The highest BCUT2D eigenvalue weighted by Crippen LogP contribution is 2.24. The first-order valence-corrected chi connectivity index (χ1v) is 6.83. The van der Waals surface area contributed by atoms with Crippen LogP contribution in [0.25, 0.3) is 0 Å². The van der Waals surface area contributed by atoms with Gasteiger partial charge in [0.25, 0.3) is 0 Å². The molecule has 1 unspecified atom stereocenters. The molecular weight excluding hydrogens is 214 g/mol. The summed E-state index contributed by atoms with van der Waals surface area (Å²) in [6, 6.07) is 0.468. The number of likely N-dealkylation sites (tertiary alicyclic amines) is 1. The number of carbonyl (C=O) groups excluding carboxylic acids is 1. The van der Waals surface area contributed by atoms with Crippen LogP contribution in [0.5, 0.6) is 0 Å². The van der Waals surface area contributed by atoms with Gasteiger partial charge < -0.3 is 4.74 Å². The van der Waals surface area contributed by atoms with Crippen molar-refractivity contribution < 1.29 is 9.53 Å². The number of rotatable bonds is 4. The zero-order valence-corrected chi connectivity index (χ0v) is 12.0. The van der Waals surface area contributed by atoms with Gasteiger partial charge in [0, 0.05) is 6.04 Å². The minimum atomic E-state index is -0.376. The van der Waals surface area contributed by atoms with Gasteiger partial charge in [-0.25, -0.2) is 0 Å². The topological polar surface area (TPSA) is 29.5 Å². The minimum Gasteiger partial charge on any atom is -0.459 e. The predicted octanol–water partition coefficient (Wildman–Crippen LogP) is 2.98. The summed E-state index contributed by atoms with van der Waals surface area (Å²) in [4.78, 5) is 14.4. The van der Waals surface area contributed by atoms with E-state index in [0.29, 0.717) is 6.04 Å². The largest absolute Gasteiger partial charge is 0.459 e. The average Bonchev–Trinajstić information content (AvgIpc) is 2.63. The molecule has 0 saturated carbocycles. The fourth-order valence-electron chi connectivity index (χ4n) is 2.52. The lowest BCUT2D eigenvalue weighted by Crippen LogP contribution is -2.44. The van der Waals surface area contributed by atoms with Gasteiger partial charge in [0.05, 0.1) is 0 Å². The van der Waals surface area contributed by atoms with E-state index >= 15 is 0 Å². The third kappa shape index (κ3) is 4.30. The molecule has 1 saturated heterocycles. The minimum absolute atomic E-state index is 0.0178. The van der Waals surface area contributed by atoms with Crippen LogP contribution < -0.4 is 0 Å². The molecule has 0 aromatic rings. The van der Waals surface area contributed by atoms with Crippen LogP contribution in [0.1, 0.15) is 60.3 Å². The predicted molar refractivity (Wildman–Crippen MR) is 69.9 cm³/mol. The van der Waals surface area contributed by atoms with Crippen molar-refractivity contribution >= 4 is 5.97 Å². The molecule has 0 spiro atoms. The van der Waals surface area contributed by atoms with Gasteiger partial charge in [-0.3, -0.25) is 9.69 Å². The third-order valence-electron chi connectivity index (χ3n) is 3.25. The van der Waals surface area contributed by atoms with Gasteiger partial charge in [0.15, 0.2) is 0 Å². The number of carbonyl (C=O) groups is 1. The van der Waals surface area contributed by atoms with E-state index in [9.17, 15) is 4.79 Å². The van der Waals surface area contributed by atoms with Gasteiger partial charge in [0.1, 0.15) is 11.6 Å². The summed E-state index contributed by atoms with van der Waals surface area (Å²) in [5.74, 6) is -0.0436. The lowest BCUT2D eigenvalue weighted by atomic mass is 10.1. The van der Waals surface area contributed by atoms with E-state index in [1.54, 1.807) is 0 Å². The number of nitrogens with zero attached hydrogens (tertiary/aromatic N) is 1. The molecule has 17 heavy (non-hydrogen) atoms. The van der Waals surface area contributed by atoms with Crippen LogP contribution in [0.2, 0.25) is 0 Å². The highest BCUT2D eigenvalue weighted by Gasteiger charge is 2.35. The first-order valence-electron chi connectivity index (χ1n) is 6.83. The number of hydrogen-bond donors (Lipinski definition) is 0. The quantitative estimate of drug-likeness (QED) is 0.709. The molecule has 3 heteroatoms. The maximum atomic E-state index is 12.1. The molecule has 1 fully saturated rings. The van der Waals surface area contributed by atoms with Crippen LogP contribution in [0.4, 0.5) is 0 Å². The highest BCUT2D eigenvalue weighted by molar-refractivity contribution is 5.76. The van der Waals surface area contributed by atoms with E-state index in [2.05, 4.69) is 18.7 Å². The molecule has 2 atom stereocenters. The van der Waals surface area contributed by atoms with Crippen molar-refractivity contribution in [3.63, 3.8) is 0 Å². The zero-order valence-electron chi connectivity index (χ0n) is 12.0. The monoisotopic (exact) mass is 241 g/mol. The van der Waals surface area contributed by atoms with Gasteiger partial charge in [0.2, 0.25) is 0 Å². The lowest BCUT2D eigenvalue weighted by molar-refractivity contribution is -0.161. The van der Waals surface area contributed by atoms with Crippen molar-refractivity contribution in [3.05, 3.63) is 0 Å². The lowest BCUT2D eigenvalue weighted by Gasteiger charge is -2.31. The van der Waals surface area contributed by atoms with Crippen molar-refractivity contribution in [1.82, 2.24) is 4.90 Å². The summed E-state index contributed by atoms with van der Waals surface area (Å²) >= 11 is 0. The molecule has 3 nitrogen and oxygen atoms in total. The molecular formula is C14H27NO2. The normalized spacial score (nSPS) is 23.7. The highest BCUT2D eigenvalue weighted by atomic mass is 16.6. The van der Waals surface area contributed by atoms with E-state index in [4.69, 9.17) is 4.74 Å². The van der Waals surface area contributed by atoms with Gasteiger partial charge in [-0.15, -0.1) is 0 Å². The second-order valence-corrected chi connectivity index (χ2v) is 6.07. The summed E-state index contributed by atoms with van der Waals surface area (Å²) in [7, 11) is 0. The Morgan fingerprint density at radius 1 is 1.47 bits per heavy atom. The smallest absolute Gasteiger partial charge is 0.323 e. The number of esters is 1. The van der Waals surface area contributed by atoms with Crippen molar-refractivity contribution in [2.45, 2.75) is 78.0 Å². The van der Waals surface area contributed by atoms with E-state index in [0.717, 1.165) is 25.8 Å². The first kappa shape index (κ1) is 14.5. The fraction of sp³-hybridized carbons (Fsp3) is 0.929. The second kappa shape index (κ2) is 5.85. The molecule has 1 aliphatic rings. The molecule has 1 rings (SSSR count). The number of ether oxygens (including phenoxy) is 1. The SMILES string of the molecule is CCCC(C)N1CCC[C@@H]1C(=O)OC(C)(C)C. The van der Waals surface area contributed by atoms with Crippen LogP contribution in [0, 0.1) is 0 Å². The Hall–Kier alpha value is -0.570. The molecule has 1 aliphatic heterocycles. The van der Waals surface area contributed by atoms with Crippen LogP contribution in [0.3, 0.4) is 0 Å². The van der Waals surface area contributed by atoms with Gasteiger partial charge in [-0.2, -0.15) is 0 Å². The average molecular weight is 241 g/mol. The Balaban J connectivity index is 2.59. The molecule has 0 N–H and O–H groups in total. The van der Waals surface area contributed by atoms with E-state index in [1.807, 2.05) is 20.8 Å². The number of hydrogen-bond acceptors (Lipinski definition) is 3. The Kier molecular flexibility index (Phi) is 4.99. The standard InChI is InChI=1S/C14H27NO2/c1-6-8-11(2)15-10-7-9-12(15)13(16)17-14(3,4)5/h11-12H,6-10H2,1-5H3/t11?,12-/m1/s1. The molecule has 1 heterocycles. The van der Waals surface area contributed by atoms with E-state index in [1.165, 1.54) is 6.42 Å².